The summed E-state index contributed by atoms with van der Waals surface area (Å²) in [5.41, 5.74) is 3.00. The minimum atomic E-state index is -4.80. The van der Waals surface area contributed by atoms with Crippen molar-refractivity contribution in [3.05, 3.63) is 10.6 Å². The van der Waals surface area contributed by atoms with E-state index >= 15 is 0 Å². The first-order chi connectivity index (χ1) is 8.72. The van der Waals surface area contributed by atoms with E-state index in [9.17, 15) is 18.0 Å². The highest BCUT2D eigenvalue weighted by atomic mass is 32.1. The van der Waals surface area contributed by atoms with Crippen LogP contribution >= 0.6 is 11.3 Å². The third kappa shape index (κ3) is 2.74. The summed E-state index contributed by atoms with van der Waals surface area (Å²) in [6.45, 7) is 0.649. The molecule has 106 valence electrons. The Labute approximate surface area is 112 Å². The smallest absolute Gasteiger partial charge is 0.310 e. The van der Waals surface area contributed by atoms with Crippen molar-refractivity contribution >= 4 is 22.4 Å². The lowest BCUT2D eigenvalue weighted by atomic mass is 10.0. The van der Waals surface area contributed by atoms with Crippen molar-refractivity contribution in [2.75, 3.05) is 5.32 Å². The number of hydrogen-bond donors (Lipinski definition) is 2. The number of amides is 1. The number of anilines is 1. The van der Waals surface area contributed by atoms with Gasteiger partial charge in [-0.15, -0.1) is 11.3 Å². The molecule has 1 aliphatic carbocycles. The maximum atomic E-state index is 12.6. The third-order valence-corrected chi connectivity index (χ3v) is 4.20. The molecule has 1 aromatic rings. The van der Waals surface area contributed by atoms with Crippen molar-refractivity contribution in [3.8, 4) is 0 Å². The number of nitrogens with two attached hydrogens (primary N) is 1. The Kier molecular flexibility index (Phi) is 3.57. The Morgan fingerprint density at radius 1 is 1.37 bits per heavy atom. The first kappa shape index (κ1) is 14.3. The third-order valence-electron chi connectivity index (χ3n) is 3.13. The van der Waals surface area contributed by atoms with Gasteiger partial charge >= 0.3 is 6.18 Å². The van der Waals surface area contributed by atoms with Crippen LogP contribution < -0.4 is 11.1 Å². The Hall–Kier alpha value is -1.15. The average molecular weight is 293 g/mol. The summed E-state index contributed by atoms with van der Waals surface area (Å²) in [7, 11) is 0. The van der Waals surface area contributed by atoms with E-state index in [4.69, 9.17) is 5.73 Å². The number of aromatic nitrogens is 1. The van der Waals surface area contributed by atoms with E-state index in [2.05, 4.69) is 10.3 Å². The second kappa shape index (κ2) is 4.75. The number of nitrogens with one attached hydrogen (secondary N) is 1. The van der Waals surface area contributed by atoms with E-state index in [1.807, 2.05) is 0 Å². The number of carbonyl (C=O) groups excluding carboxylic acids is 1. The van der Waals surface area contributed by atoms with Crippen LogP contribution in [0.15, 0.2) is 0 Å². The monoisotopic (exact) mass is 293 g/mol. The minimum absolute atomic E-state index is 0.192. The molecule has 4 nitrogen and oxygen atoms in total. The van der Waals surface area contributed by atoms with Gasteiger partial charge in [-0.2, -0.15) is 13.2 Å². The number of rotatable bonds is 2. The highest BCUT2D eigenvalue weighted by Crippen LogP contribution is 2.32. The van der Waals surface area contributed by atoms with Crippen LogP contribution in [0.3, 0.4) is 0 Å². The zero-order valence-corrected chi connectivity index (χ0v) is 11.1. The molecule has 8 heteroatoms. The first-order valence-electron chi connectivity index (χ1n) is 5.87. The predicted molar refractivity (Wildman–Crippen MR) is 66.0 cm³/mol. The molecule has 0 fully saturated rings. The van der Waals surface area contributed by atoms with Gasteiger partial charge in [-0.1, -0.05) is 0 Å². The fourth-order valence-corrected chi connectivity index (χ4v) is 2.81. The molecular weight excluding hydrogens is 279 g/mol. The average Bonchev–Trinajstić information content (AvgIpc) is 2.69. The molecule has 1 heterocycles. The molecular formula is C11H14F3N3OS. The molecule has 0 saturated heterocycles. The van der Waals surface area contributed by atoms with Crippen LogP contribution in [0.1, 0.15) is 30.3 Å². The second-order valence-corrected chi connectivity index (χ2v) is 5.83. The Balaban J connectivity index is 2.13. The van der Waals surface area contributed by atoms with E-state index in [1.54, 1.807) is 0 Å². The topological polar surface area (TPSA) is 68.0 Å². The van der Waals surface area contributed by atoms with Gasteiger partial charge in [-0.3, -0.25) is 4.79 Å². The molecule has 0 aliphatic heterocycles. The van der Waals surface area contributed by atoms with Gasteiger partial charge in [-0.25, -0.2) is 4.98 Å². The molecule has 3 N–H and O–H groups in total. The number of aryl methyl sites for hydroxylation is 2. The summed E-state index contributed by atoms with van der Waals surface area (Å²) in [5.74, 6) is -1.29. The summed E-state index contributed by atoms with van der Waals surface area (Å²) >= 11 is 1.22. The lowest BCUT2D eigenvalue weighted by Crippen LogP contribution is -2.59. The maximum Gasteiger partial charge on any atom is 0.415 e. The van der Waals surface area contributed by atoms with Crippen molar-refractivity contribution in [1.82, 2.24) is 4.98 Å². The molecule has 1 aliphatic rings. The standard InChI is InChI=1S/C11H14F3N3OS/c1-10(15,11(12,13)14)8(18)17-9-16-6-4-2-3-5-7(6)19-9/h2-5,15H2,1H3,(H,16,17,18). The Morgan fingerprint density at radius 3 is 2.58 bits per heavy atom. The predicted octanol–water partition coefficient (Wildman–Crippen LogP) is 2.24. The fourth-order valence-electron chi connectivity index (χ4n) is 1.76. The van der Waals surface area contributed by atoms with Crippen molar-refractivity contribution in [2.45, 2.75) is 44.3 Å². The number of alkyl halides is 3. The zero-order chi connectivity index (χ0) is 14.3. The Bertz CT molecular complexity index is 472. The SMILES string of the molecule is CC(N)(C(=O)Nc1nc2c(s1)CCCC2)C(F)(F)F. The minimum Gasteiger partial charge on any atom is -0.310 e. The van der Waals surface area contributed by atoms with Gasteiger partial charge in [0.1, 0.15) is 0 Å². The summed E-state index contributed by atoms with van der Waals surface area (Å²) in [6, 6.07) is 0. The van der Waals surface area contributed by atoms with Crippen LogP contribution in [-0.2, 0) is 17.6 Å². The molecule has 0 aromatic carbocycles. The summed E-state index contributed by atoms with van der Waals surface area (Å²) < 4.78 is 37.8. The van der Waals surface area contributed by atoms with Crippen molar-refractivity contribution in [1.29, 1.82) is 0 Å². The molecule has 0 saturated carbocycles. The van der Waals surface area contributed by atoms with E-state index in [0.717, 1.165) is 36.3 Å². The highest BCUT2D eigenvalue weighted by Gasteiger charge is 2.54. The maximum absolute atomic E-state index is 12.6. The number of hydrogen-bond acceptors (Lipinski definition) is 4. The molecule has 1 atom stereocenters. The van der Waals surface area contributed by atoms with Gasteiger partial charge in [0.15, 0.2) is 10.7 Å². The lowest BCUT2D eigenvalue weighted by Gasteiger charge is -2.25. The summed E-state index contributed by atoms with van der Waals surface area (Å²) in [5, 5.41) is 2.36. The highest BCUT2D eigenvalue weighted by molar-refractivity contribution is 7.15. The van der Waals surface area contributed by atoms with E-state index in [0.29, 0.717) is 6.92 Å². The normalized spacial score (nSPS) is 18.6. The molecule has 1 unspecified atom stereocenters. The molecule has 2 rings (SSSR count). The van der Waals surface area contributed by atoms with Gasteiger partial charge < -0.3 is 11.1 Å². The van der Waals surface area contributed by atoms with Crippen molar-refractivity contribution in [2.24, 2.45) is 5.73 Å². The van der Waals surface area contributed by atoms with Gasteiger partial charge in [0, 0.05) is 4.88 Å². The Morgan fingerprint density at radius 2 is 2.00 bits per heavy atom. The van der Waals surface area contributed by atoms with Gasteiger partial charge in [0.25, 0.3) is 5.91 Å². The quantitative estimate of drug-likeness (QED) is 0.878. The molecule has 0 radical (unpaired) electrons. The molecule has 1 amide bonds. The molecule has 0 spiro atoms. The van der Waals surface area contributed by atoms with E-state index in [-0.39, 0.29) is 5.13 Å². The van der Waals surface area contributed by atoms with Crippen LogP contribution in [-0.4, -0.2) is 22.6 Å². The first-order valence-corrected chi connectivity index (χ1v) is 6.69. The van der Waals surface area contributed by atoms with Crippen LogP contribution in [0.25, 0.3) is 0 Å². The lowest BCUT2D eigenvalue weighted by molar-refractivity contribution is -0.184. The molecule has 1 aromatic heterocycles. The van der Waals surface area contributed by atoms with Crippen LogP contribution in [0.4, 0.5) is 18.3 Å². The molecule has 19 heavy (non-hydrogen) atoms. The number of halogens is 3. The largest absolute Gasteiger partial charge is 0.415 e. The number of fused-ring (bicyclic) bond motifs is 1. The van der Waals surface area contributed by atoms with Crippen molar-refractivity contribution < 1.29 is 18.0 Å². The van der Waals surface area contributed by atoms with Crippen LogP contribution in [0.5, 0.6) is 0 Å². The fraction of sp³-hybridized carbons (Fsp3) is 0.636. The number of nitrogens with zero attached hydrogens (tertiary/aromatic N) is 1. The summed E-state index contributed by atoms with van der Waals surface area (Å²) in [4.78, 5) is 16.8. The zero-order valence-electron chi connectivity index (χ0n) is 10.3. The second-order valence-electron chi connectivity index (χ2n) is 4.75. The van der Waals surface area contributed by atoms with Gasteiger partial charge in [0.2, 0.25) is 0 Å². The summed E-state index contributed by atoms with van der Waals surface area (Å²) in [6.07, 6.45) is -1.07. The van der Waals surface area contributed by atoms with E-state index in [1.165, 1.54) is 11.3 Å². The number of carbonyl (C=O) groups is 1. The van der Waals surface area contributed by atoms with Gasteiger partial charge in [-0.05, 0) is 32.6 Å². The van der Waals surface area contributed by atoms with Crippen LogP contribution in [0.2, 0.25) is 0 Å². The molecule has 0 bridgehead atoms. The van der Waals surface area contributed by atoms with Crippen LogP contribution in [0, 0.1) is 0 Å². The van der Waals surface area contributed by atoms with E-state index < -0.39 is 17.6 Å². The number of thiazole rings is 1. The van der Waals surface area contributed by atoms with Gasteiger partial charge in [0.05, 0.1) is 5.69 Å². The van der Waals surface area contributed by atoms with Crippen molar-refractivity contribution in [3.63, 3.8) is 0 Å².